The Labute approximate surface area is 280 Å². The number of nitrogens with zero attached hydrogens (tertiary/aromatic N) is 2. The lowest BCUT2D eigenvalue weighted by molar-refractivity contribution is -0.167. The van der Waals surface area contributed by atoms with Crippen LogP contribution in [0.1, 0.15) is 50.5 Å². The van der Waals surface area contributed by atoms with Crippen molar-refractivity contribution in [1.29, 1.82) is 0 Å². The van der Waals surface area contributed by atoms with Gasteiger partial charge in [0.25, 0.3) is 5.91 Å². The van der Waals surface area contributed by atoms with E-state index in [1.165, 1.54) is 0 Å². The number of alkyl halides is 3. The molecule has 1 heterocycles. The van der Waals surface area contributed by atoms with Crippen molar-refractivity contribution in [3.8, 4) is 11.5 Å². The van der Waals surface area contributed by atoms with E-state index in [4.69, 9.17) is 14.2 Å². The van der Waals surface area contributed by atoms with Gasteiger partial charge >= 0.3 is 12.1 Å². The van der Waals surface area contributed by atoms with Gasteiger partial charge < -0.3 is 34.4 Å². The Hall–Kier alpha value is -4.43. The third-order valence-corrected chi connectivity index (χ3v) is 8.98. The molecule has 3 aromatic carbocycles. The summed E-state index contributed by atoms with van der Waals surface area (Å²) in [6.45, 7) is -0.459. The first-order chi connectivity index (χ1) is 23.2. The first kappa shape index (κ1) is 35.9. The van der Waals surface area contributed by atoms with E-state index in [1.54, 1.807) is 26.4 Å². The molecular formula is C35H38F5N3O6. The Balaban J connectivity index is 1.40. The van der Waals surface area contributed by atoms with Gasteiger partial charge in [-0.25, -0.2) is 13.6 Å². The van der Waals surface area contributed by atoms with E-state index in [0.717, 1.165) is 27.2 Å². The second-order valence-electron chi connectivity index (χ2n) is 12.4. The van der Waals surface area contributed by atoms with E-state index in [9.17, 15) is 27.9 Å². The number of hydrogen-bond acceptors (Lipinski definition) is 7. The third-order valence-electron chi connectivity index (χ3n) is 8.98. The SMILES string of the molecule is COc1ccc(CN(C)C)c(OC)c1[C@H]1CCc2c(CC(NC(=O)c3c(F)cc(N4CCOC[C@@H]4C(F)(F)F)cc3F)C(=O)O)cccc21. The molecule has 0 radical (unpaired) electrons. The molecule has 3 atom stereocenters. The van der Waals surface area contributed by atoms with Crippen molar-refractivity contribution in [3.05, 3.63) is 87.5 Å². The summed E-state index contributed by atoms with van der Waals surface area (Å²) in [5.74, 6) is -4.41. The molecule has 0 bridgehead atoms. The van der Waals surface area contributed by atoms with Crippen LogP contribution in [0.2, 0.25) is 0 Å². The van der Waals surface area contributed by atoms with Crippen LogP contribution in [-0.2, 0) is 28.9 Å². The lowest BCUT2D eigenvalue weighted by Gasteiger charge is -2.38. The molecule has 3 aromatic rings. The highest BCUT2D eigenvalue weighted by molar-refractivity contribution is 5.97. The third kappa shape index (κ3) is 7.44. The van der Waals surface area contributed by atoms with E-state index in [2.05, 4.69) is 5.32 Å². The predicted molar refractivity (Wildman–Crippen MR) is 171 cm³/mol. The number of benzene rings is 3. The van der Waals surface area contributed by atoms with Crippen LogP contribution >= 0.6 is 0 Å². The summed E-state index contributed by atoms with van der Waals surface area (Å²) in [6, 6.07) is 6.90. The second kappa shape index (κ2) is 14.6. The Morgan fingerprint density at radius 3 is 2.41 bits per heavy atom. The van der Waals surface area contributed by atoms with Crippen LogP contribution in [0.4, 0.5) is 27.6 Å². The smallest absolute Gasteiger partial charge is 0.411 e. The molecule has 1 aliphatic heterocycles. The number of methoxy groups -OCH3 is 2. The van der Waals surface area contributed by atoms with Gasteiger partial charge in [-0.15, -0.1) is 0 Å². The van der Waals surface area contributed by atoms with Gasteiger partial charge in [-0.05, 0) is 61.8 Å². The van der Waals surface area contributed by atoms with Crippen molar-refractivity contribution in [2.75, 3.05) is 53.0 Å². The van der Waals surface area contributed by atoms with Gasteiger partial charge in [-0.2, -0.15) is 13.2 Å². The molecule has 9 nitrogen and oxygen atoms in total. The maximum absolute atomic E-state index is 15.2. The van der Waals surface area contributed by atoms with Crippen LogP contribution < -0.4 is 19.7 Å². The topological polar surface area (TPSA) is 101 Å². The zero-order valence-corrected chi connectivity index (χ0v) is 27.5. The summed E-state index contributed by atoms with van der Waals surface area (Å²) in [6.07, 6.45) is -3.65. The number of hydrogen-bond donors (Lipinski definition) is 2. The number of aliphatic carboxylic acids is 1. The standard InChI is InChI=1S/C35H38F5N3O6/c1-42(2)17-20-8-11-28(47-3)30(32(20)48-4)24-10-9-22-19(6-5-7-23(22)24)14-27(34(45)46)41-33(44)31-25(36)15-21(16-26(31)37)43-12-13-49-18-29(43)35(38,39)40/h5-8,11,15-16,24,27,29H,9-10,12-14,17-18H2,1-4H3,(H,41,44)(H,45,46)/t24-,27?,29+/m0/s1. The molecule has 0 saturated carbocycles. The number of halogens is 5. The molecule has 264 valence electrons. The highest BCUT2D eigenvalue weighted by Crippen LogP contribution is 2.48. The molecule has 0 aromatic heterocycles. The van der Waals surface area contributed by atoms with Crippen LogP contribution in [0.25, 0.3) is 0 Å². The Morgan fingerprint density at radius 2 is 1.80 bits per heavy atom. The van der Waals surface area contributed by atoms with Crippen molar-refractivity contribution in [2.45, 2.75) is 50.0 Å². The number of anilines is 1. The van der Waals surface area contributed by atoms with Crippen molar-refractivity contribution in [1.82, 2.24) is 10.2 Å². The predicted octanol–water partition coefficient (Wildman–Crippen LogP) is 5.31. The number of fused-ring (bicyclic) bond motifs is 1. The minimum absolute atomic E-state index is 0.0911. The molecule has 1 saturated heterocycles. The average Bonchev–Trinajstić information content (AvgIpc) is 3.47. The van der Waals surface area contributed by atoms with Gasteiger partial charge in [0.2, 0.25) is 0 Å². The first-order valence-electron chi connectivity index (χ1n) is 15.7. The quantitative estimate of drug-likeness (QED) is 0.261. The maximum atomic E-state index is 15.2. The number of ether oxygens (including phenoxy) is 3. The fourth-order valence-electron chi connectivity index (χ4n) is 6.84. The van der Waals surface area contributed by atoms with E-state index in [1.807, 2.05) is 37.2 Å². The van der Waals surface area contributed by atoms with Gasteiger partial charge in [0, 0.05) is 42.2 Å². The van der Waals surface area contributed by atoms with Crippen molar-refractivity contribution < 1.29 is 50.9 Å². The molecule has 49 heavy (non-hydrogen) atoms. The molecule has 1 amide bonds. The number of nitrogens with one attached hydrogen (secondary N) is 1. The number of carbonyl (C=O) groups is 2. The molecule has 1 fully saturated rings. The van der Waals surface area contributed by atoms with Gasteiger partial charge in [0.05, 0.1) is 27.4 Å². The van der Waals surface area contributed by atoms with Crippen LogP contribution in [0, 0.1) is 11.6 Å². The fourth-order valence-corrected chi connectivity index (χ4v) is 6.84. The molecule has 1 aliphatic carbocycles. The summed E-state index contributed by atoms with van der Waals surface area (Å²) >= 11 is 0. The van der Waals surface area contributed by atoms with Crippen LogP contribution in [0.3, 0.4) is 0 Å². The molecule has 1 unspecified atom stereocenters. The van der Waals surface area contributed by atoms with Crippen molar-refractivity contribution in [2.24, 2.45) is 0 Å². The number of carboxylic acid groups (broad SMARTS) is 1. The first-order valence-corrected chi connectivity index (χ1v) is 15.7. The zero-order chi connectivity index (χ0) is 35.6. The number of carboxylic acids is 1. The van der Waals surface area contributed by atoms with Crippen LogP contribution in [0.5, 0.6) is 11.5 Å². The molecule has 5 rings (SSSR count). The average molecular weight is 692 g/mol. The lowest BCUT2D eigenvalue weighted by atomic mass is 9.88. The molecule has 2 N–H and O–H groups in total. The van der Waals surface area contributed by atoms with E-state index in [0.29, 0.717) is 48.6 Å². The Kier molecular flexibility index (Phi) is 10.7. The fraction of sp³-hybridized carbons (Fsp3) is 0.429. The summed E-state index contributed by atoms with van der Waals surface area (Å²) < 4.78 is 87.6. The number of rotatable bonds is 11. The number of carbonyl (C=O) groups excluding carboxylic acids is 1. The largest absolute Gasteiger partial charge is 0.496 e. The monoisotopic (exact) mass is 691 g/mol. The van der Waals surface area contributed by atoms with Gasteiger partial charge in [-0.1, -0.05) is 24.3 Å². The molecular weight excluding hydrogens is 653 g/mol. The Bertz CT molecular complexity index is 1690. The normalized spacial score (nSPS) is 18.3. The van der Waals surface area contributed by atoms with Crippen molar-refractivity contribution >= 4 is 17.6 Å². The zero-order valence-electron chi connectivity index (χ0n) is 27.5. The summed E-state index contributed by atoms with van der Waals surface area (Å²) in [7, 11) is 7.09. The van der Waals surface area contributed by atoms with Gasteiger partial charge in [-0.3, -0.25) is 4.79 Å². The minimum atomic E-state index is -4.73. The van der Waals surface area contributed by atoms with E-state index >= 15 is 8.78 Å². The summed E-state index contributed by atoms with van der Waals surface area (Å²) in [5, 5.41) is 12.3. The number of morpholine rings is 1. The second-order valence-corrected chi connectivity index (χ2v) is 12.4. The lowest BCUT2D eigenvalue weighted by Crippen LogP contribution is -2.53. The highest BCUT2D eigenvalue weighted by atomic mass is 19.4. The van der Waals surface area contributed by atoms with Crippen LogP contribution in [-0.4, -0.2) is 88.2 Å². The minimum Gasteiger partial charge on any atom is -0.496 e. The molecule has 14 heteroatoms. The van der Waals surface area contributed by atoms with Gasteiger partial charge in [0.1, 0.15) is 40.8 Å². The number of amides is 1. The van der Waals surface area contributed by atoms with Crippen molar-refractivity contribution in [3.63, 3.8) is 0 Å². The summed E-state index contributed by atoms with van der Waals surface area (Å²) in [5.41, 5.74) is 2.80. The highest BCUT2D eigenvalue weighted by Gasteiger charge is 2.46. The maximum Gasteiger partial charge on any atom is 0.411 e. The van der Waals surface area contributed by atoms with Crippen LogP contribution in [0.15, 0.2) is 42.5 Å². The summed E-state index contributed by atoms with van der Waals surface area (Å²) in [4.78, 5) is 28.3. The van der Waals surface area contributed by atoms with E-state index in [-0.39, 0.29) is 25.5 Å². The Morgan fingerprint density at radius 1 is 1.08 bits per heavy atom. The molecule has 2 aliphatic rings. The van der Waals surface area contributed by atoms with Gasteiger partial charge in [0.15, 0.2) is 0 Å². The molecule has 0 spiro atoms. The van der Waals surface area contributed by atoms with E-state index < -0.39 is 59.6 Å².